The minimum atomic E-state index is -4.69. The summed E-state index contributed by atoms with van der Waals surface area (Å²) in [5.74, 6) is -2.62. The van der Waals surface area contributed by atoms with Gasteiger partial charge < -0.3 is 89.4 Å². The summed E-state index contributed by atoms with van der Waals surface area (Å²) in [5, 5.41) is 62.5. The lowest BCUT2D eigenvalue weighted by Crippen LogP contribution is -2.71. The molecule has 5 rings (SSSR count). The van der Waals surface area contributed by atoms with Crippen LogP contribution in [0.1, 0.15) is 136 Å². The van der Waals surface area contributed by atoms with Crippen LogP contribution in [-0.4, -0.2) is 245 Å². The molecule has 13 atom stereocenters. The van der Waals surface area contributed by atoms with E-state index in [1.807, 2.05) is 11.9 Å². The lowest BCUT2D eigenvalue weighted by atomic mass is 9.72. The van der Waals surface area contributed by atoms with E-state index in [1.54, 1.807) is 109 Å². The molecule has 1 aromatic rings. The number of hydrogen-bond acceptors (Lipinski definition) is 23. The number of rotatable bonds is 19. The van der Waals surface area contributed by atoms with Gasteiger partial charge in [-0.25, -0.2) is 32.4 Å². The molecule has 2 saturated heterocycles. The van der Waals surface area contributed by atoms with E-state index in [0.29, 0.717) is 13.1 Å². The van der Waals surface area contributed by atoms with Crippen molar-refractivity contribution in [1.82, 2.24) is 40.3 Å². The van der Waals surface area contributed by atoms with E-state index in [1.165, 1.54) is 44.3 Å². The molecule has 3 fully saturated rings. The van der Waals surface area contributed by atoms with E-state index in [4.69, 9.17) is 37.9 Å². The highest BCUT2D eigenvalue weighted by Gasteiger charge is 2.57. The van der Waals surface area contributed by atoms with Crippen molar-refractivity contribution in [2.75, 3.05) is 60.0 Å². The molecule has 3 aliphatic heterocycles. The lowest BCUT2D eigenvalue weighted by molar-refractivity contribution is -0.305. The minimum Gasteiger partial charge on any atom is -0.491 e. The van der Waals surface area contributed by atoms with Crippen LogP contribution in [0.15, 0.2) is 46.2 Å². The fourth-order valence-corrected chi connectivity index (χ4v) is 12.6. The monoisotopic (exact) mass is 1330 g/mol. The molecule has 2 unspecified atom stereocenters. The Bertz CT molecular complexity index is 2880. The summed E-state index contributed by atoms with van der Waals surface area (Å²) in [7, 11) is -1.57. The van der Waals surface area contributed by atoms with Gasteiger partial charge in [-0.05, 0) is 167 Å². The fraction of sp³-hybridized carbons (Fsp3) is 0.770. The van der Waals surface area contributed by atoms with E-state index in [0.717, 1.165) is 9.21 Å². The first kappa shape index (κ1) is 76.5. The quantitative estimate of drug-likeness (QED) is 0.0687. The summed E-state index contributed by atoms with van der Waals surface area (Å²) < 4.78 is 78.7. The number of nitroso groups, excluding NO2 is 1. The van der Waals surface area contributed by atoms with Crippen molar-refractivity contribution in [2.45, 2.75) is 242 Å². The number of aliphatic hydroxyl groups excluding tert-OH is 3. The maximum atomic E-state index is 15.1. The smallest absolute Gasteiger partial charge is 0.410 e. The van der Waals surface area contributed by atoms with Gasteiger partial charge in [0.05, 0.1) is 37.4 Å². The van der Waals surface area contributed by atoms with E-state index < -0.39 is 177 Å². The van der Waals surface area contributed by atoms with Crippen molar-refractivity contribution in [3.05, 3.63) is 41.0 Å². The first-order valence-electron chi connectivity index (χ1n) is 30.9. The molecule has 6 amide bonds. The highest BCUT2D eigenvalue weighted by atomic mass is 32.2. The largest absolute Gasteiger partial charge is 0.491 e. The molecule has 8 N–H and O–H groups in total. The number of sulfonamides is 1. The van der Waals surface area contributed by atoms with Crippen LogP contribution in [0, 0.1) is 10.8 Å². The molecule has 31 heteroatoms. The molecule has 1 aliphatic carbocycles. The number of likely N-dealkylation sites (N-methyl/N-ethyl adjacent to an activating group) is 2. The summed E-state index contributed by atoms with van der Waals surface area (Å²) in [4.78, 5) is 98.1. The van der Waals surface area contributed by atoms with Gasteiger partial charge in [0.25, 0.3) is 0 Å². The molecule has 3 heterocycles. The predicted octanol–water partition coefficient (Wildman–Crippen LogP) is 4.71. The Hall–Kier alpha value is -6.19. The van der Waals surface area contributed by atoms with Crippen LogP contribution >= 0.6 is 0 Å². The molecule has 0 aromatic heterocycles. The number of nitrogens with zero attached hydrogens (tertiary/aromatic N) is 5. The van der Waals surface area contributed by atoms with Crippen molar-refractivity contribution >= 4 is 52.1 Å². The number of aliphatic hydroxyl groups is 4. The number of carbonyl (C=O) groups is 6. The number of carbonyl (C=O) groups excluding carboxylic acids is 6. The Morgan fingerprint density at radius 2 is 1.35 bits per heavy atom. The highest BCUT2D eigenvalue weighted by molar-refractivity contribution is 7.89. The highest BCUT2D eigenvalue weighted by Crippen LogP contribution is 2.40. The summed E-state index contributed by atoms with van der Waals surface area (Å²) in [6.45, 7) is 25.3. The topological polar surface area (TPSA) is 382 Å². The third-order valence-corrected chi connectivity index (χ3v) is 17.0. The van der Waals surface area contributed by atoms with Crippen LogP contribution in [-0.2, 0) is 52.7 Å². The third-order valence-electron chi connectivity index (χ3n) is 15.1. The molecule has 1 aromatic carbocycles. The summed E-state index contributed by atoms with van der Waals surface area (Å²) >= 11 is 0. The van der Waals surface area contributed by atoms with Gasteiger partial charge in [0, 0.05) is 57.8 Å². The van der Waals surface area contributed by atoms with Gasteiger partial charge in [0.15, 0.2) is 6.29 Å². The molecule has 0 radical (unpaired) electrons. The molecule has 1 saturated carbocycles. The van der Waals surface area contributed by atoms with Gasteiger partial charge in [0.1, 0.15) is 74.4 Å². The van der Waals surface area contributed by atoms with Gasteiger partial charge in [-0.15, -0.1) is 4.91 Å². The predicted molar refractivity (Wildman–Crippen MR) is 333 cm³/mol. The number of ether oxygens (including phenoxy) is 8. The lowest BCUT2D eigenvalue weighted by Gasteiger charge is -2.52. The Balaban J connectivity index is 1.66. The molecule has 0 bridgehead atoms. The third kappa shape index (κ3) is 22.2. The minimum absolute atomic E-state index is 0.0507. The molecular weight excluding hydrogens is 1230 g/mol. The second-order valence-electron chi connectivity index (χ2n) is 29.1. The van der Waals surface area contributed by atoms with E-state index >= 15 is 8.42 Å². The molecular formula is C61H101N9O21S. The molecule has 4 aliphatic rings. The number of amides is 6. The standard InChI is InChI=1S/C61H101N9O21S/c1-56(2,3)87-51(75)62-27-25-41(71)49(74)63-40-31-39(65-53(77)89-58(7,8)9)43(44(72)47(40)86-50-45(73)48(61(16,80)34-84-50)68(18)54(78)90-59(10,11)12)46-38(64-52(76)88-57(4,5)6)24-23-36(85-46)33-70(92(82,83)42-22-20-19-21-37(42)66-81)28-26-35-32-69(30-29-67(35)17)55(79)91-60(13,14)15/h19-23,35,38-41,43-48,50,71-73,80H,24-34H2,1-18H3,(H,62,75)(H,63,74)(H,64,76)(H,65,77)/t35?,38-,39+,40-,41+,43?,44+,45-,46+,47+,48-,50-,61+/m1/s1. The number of hydrogen-bond donors (Lipinski definition) is 8. The number of piperazine rings is 1. The first-order chi connectivity index (χ1) is 42.2. The van der Waals surface area contributed by atoms with E-state index in [9.17, 15) is 54.1 Å². The van der Waals surface area contributed by atoms with Crippen molar-refractivity contribution in [1.29, 1.82) is 0 Å². The van der Waals surface area contributed by atoms with Crippen molar-refractivity contribution < 1.29 is 95.5 Å². The van der Waals surface area contributed by atoms with Crippen molar-refractivity contribution in [3.8, 4) is 0 Å². The van der Waals surface area contributed by atoms with Gasteiger partial charge in [-0.2, -0.15) is 4.31 Å². The Morgan fingerprint density at radius 1 is 0.783 bits per heavy atom. The van der Waals surface area contributed by atoms with Crippen molar-refractivity contribution in [2.24, 2.45) is 11.1 Å². The van der Waals surface area contributed by atoms with Crippen LogP contribution in [0.25, 0.3) is 0 Å². The maximum Gasteiger partial charge on any atom is 0.410 e. The van der Waals surface area contributed by atoms with E-state index in [-0.39, 0.29) is 50.3 Å². The van der Waals surface area contributed by atoms with Crippen LogP contribution < -0.4 is 21.3 Å². The maximum absolute atomic E-state index is 15.1. The second-order valence-corrected chi connectivity index (χ2v) is 31.0. The van der Waals surface area contributed by atoms with Crippen LogP contribution in [0.2, 0.25) is 0 Å². The number of nitrogens with one attached hydrogen (secondary N) is 4. The van der Waals surface area contributed by atoms with Crippen molar-refractivity contribution in [3.63, 3.8) is 0 Å². The fourth-order valence-electron chi connectivity index (χ4n) is 11.1. The average Bonchev–Trinajstić information content (AvgIpc) is 0.765. The average molecular weight is 1330 g/mol. The zero-order valence-electron chi connectivity index (χ0n) is 56.5. The SMILES string of the molecule is CN1CCN(C(=O)OC(C)(C)C)CC1CCN(CC1=CC[C@@H](NC(=O)OC(C)(C)C)[C@@H](C2[C@@H](NC(=O)OC(C)(C)C)C[C@@H](NC(=O)[C@@H](O)CCNC(=O)OC(C)(C)C)[C@H](O[C@H]3OC[C@](C)(O)[C@H](N(C)C(=O)OC(C)(C)C)[C@H]3O)[C@H]2O)O1)S(=O)(=O)c1ccccc1N=O. The summed E-state index contributed by atoms with van der Waals surface area (Å²) in [6.07, 6.45) is -14.6. The Labute approximate surface area is 540 Å². The number of alkyl carbamates (subject to hydrolysis) is 3. The first-order valence-corrected chi connectivity index (χ1v) is 32.3. The zero-order valence-corrected chi connectivity index (χ0v) is 57.3. The molecule has 0 spiro atoms. The van der Waals surface area contributed by atoms with Gasteiger partial charge >= 0.3 is 30.5 Å². The molecule has 92 heavy (non-hydrogen) atoms. The summed E-state index contributed by atoms with van der Waals surface area (Å²) in [5.41, 5.74) is -7.22. The van der Waals surface area contributed by atoms with Gasteiger partial charge in [-0.1, -0.05) is 12.1 Å². The zero-order chi connectivity index (χ0) is 69.4. The van der Waals surface area contributed by atoms with Gasteiger partial charge in [0.2, 0.25) is 15.9 Å². The Morgan fingerprint density at radius 3 is 1.92 bits per heavy atom. The van der Waals surface area contributed by atoms with Gasteiger partial charge in [-0.3, -0.25) is 9.69 Å². The molecule has 522 valence electrons. The van der Waals surface area contributed by atoms with Crippen LogP contribution in [0.5, 0.6) is 0 Å². The van der Waals surface area contributed by atoms with Crippen LogP contribution in [0.3, 0.4) is 0 Å². The Kier molecular flexibility index (Phi) is 25.3. The molecule has 30 nitrogen and oxygen atoms in total. The normalized spacial score (nSPS) is 27.2. The van der Waals surface area contributed by atoms with Crippen LogP contribution in [0.4, 0.5) is 29.7 Å². The summed E-state index contributed by atoms with van der Waals surface area (Å²) in [6, 6.07) is -0.674. The second kappa shape index (κ2) is 30.5. The van der Waals surface area contributed by atoms with E-state index in [2.05, 4.69) is 26.4 Å². The number of benzene rings is 1.